The molecule has 1 atom stereocenters. The van der Waals surface area contributed by atoms with Crippen molar-refractivity contribution in [2.75, 3.05) is 19.1 Å². The van der Waals surface area contributed by atoms with Crippen LogP contribution in [0.3, 0.4) is 0 Å². The molecule has 156 valence electrons. The lowest BCUT2D eigenvalue weighted by Crippen LogP contribution is -2.34. The maximum absolute atomic E-state index is 13.8. The molecular weight excluding hydrogens is 414 g/mol. The second-order valence-corrected chi connectivity index (χ2v) is 7.81. The molecule has 6 nitrogen and oxygen atoms in total. The van der Waals surface area contributed by atoms with Crippen molar-refractivity contribution < 1.29 is 23.0 Å². The SMILES string of the molecule is COc1ccc([C@H]2CC(=O)N(c3ccc(F)c(F)c3)c3c2sc(=O)n3C)cc1OC. The van der Waals surface area contributed by atoms with Crippen LogP contribution in [0.25, 0.3) is 0 Å². The van der Waals surface area contributed by atoms with Crippen molar-refractivity contribution in [1.82, 2.24) is 4.57 Å². The summed E-state index contributed by atoms with van der Waals surface area (Å²) in [5.41, 5.74) is 0.952. The van der Waals surface area contributed by atoms with Crippen LogP contribution >= 0.6 is 11.3 Å². The van der Waals surface area contributed by atoms with Crippen molar-refractivity contribution in [3.05, 3.63) is 68.1 Å². The second kappa shape index (κ2) is 7.56. The number of ether oxygens (including phenoxy) is 2. The van der Waals surface area contributed by atoms with Crippen LogP contribution in [-0.2, 0) is 11.8 Å². The third kappa shape index (κ3) is 3.15. The summed E-state index contributed by atoms with van der Waals surface area (Å²) in [6.45, 7) is 0. The molecule has 0 saturated carbocycles. The molecule has 1 amide bonds. The van der Waals surface area contributed by atoms with Gasteiger partial charge in [-0.3, -0.25) is 19.1 Å². The number of thiazole rings is 1. The molecular formula is C21H18F2N2O4S. The number of methoxy groups -OCH3 is 2. The van der Waals surface area contributed by atoms with Crippen LogP contribution in [0.1, 0.15) is 22.8 Å². The molecule has 2 heterocycles. The maximum atomic E-state index is 13.8. The Labute approximate surface area is 174 Å². The van der Waals surface area contributed by atoms with Crippen LogP contribution in [0, 0.1) is 11.6 Å². The van der Waals surface area contributed by atoms with Crippen LogP contribution in [-0.4, -0.2) is 24.7 Å². The normalized spacial score (nSPS) is 15.8. The van der Waals surface area contributed by atoms with Gasteiger partial charge in [-0.25, -0.2) is 8.78 Å². The summed E-state index contributed by atoms with van der Waals surface area (Å²) < 4.78 is 39.2. The van der Waals surface area contributed by atoms with Crippen molar-refractivity contribution in [2.45, 2.75) is 12.3 Å². The Morgan fingerprint density at radius 1 is 1.00 bits per heavy atom. The minimum atomic E-state index is -1.07. The van der Waals surface area contributed by atoms with Gasteiger partial charge in [-0.05, 0) is 29.8 Å². The van der Waals surface area contributed by atoms with Crippen molar-refractivity contribution in [2.24, 2.45) is 7.05 Å². The number of anilines is 2. The fraction of sp³-hybridized carbons (Fsp3) is 0.238. The molecule has 1 aromatic heterocycles. The first-order valence-corrected chi connectivity index (χ1v) is 9.87. The molecule has 0 N–H and O–H groups in total. The predicted octanol–water partition coefficient (Wildman–Crippen LogP) is 3.94. The quantitative estimate of drug-likeness (QED) is 0.627. The van der Waals surface area contributed by atoms with E-state index in [1.807, 2.05) is 6.07 Å². The number of rotatable bonds is 4. The molecule has 1 aliphatic rings. The van der Waals surface area contributed by atoms with Gasteiger partial charge >= 0.3 is 4.87 Å². The Hall–Kier alpha value is -3.20. The van der Waals surface area contributed by atoms with Crippen molar-refractivity contribution in [1.29, 1.82) is 0 Å². The first-order valence-electron chi connectivity index (χ1n) is 9.05. The zero-order chi connectivity index (χ0) is 21.6. The lowest BCUT2D eigenvalue weighted by Gasteiger charge is -2.32. The summed E-state index contributed by atoms with van der Waals surface area (Å²) in [4.78, 5) is 27.3. The molecule has 3 aromatic rings. The van der Waals surface area contributed by atoms with Gasteiger partial charge in [-0.2, -0.15) is 0 Å². The summed E-state index contributed by atoms with van der Waals surface area (Å²) in [5.74, 6) is -1.37. The molecule has 0 fully saturated rings. The number of benzene rings is 2. The third-order valence-corrected chi connectivity index (χ3v) is 6.27. The van der Waals surface area contributed by atoms with E-state index in [9.17, 15) is 18.4 Å². The summed E-state index contributed by atoms with van der Waals surface area (Å²) in [5, 5.41) is 0. The highest BCUT2D eigenvalue weighted by Crippen LogP contribution is 2.45. The highest BCUT2D eigenvalue weighted by molar-refractivity contribution is 7.10. The molecule has 0 bridgehead atoms. The number of fused-ring (bicyclic) bond motifs is 1. The van der Waals surface area contributed by atoms with E-state index < -0.39 is 11.6 Å². The van der Waals surface area contributed by atoms with Gasteiger partial charge in [-0.1, -0.05) is 17.4 Å². The largest absolute Gasteiger partial charge is 0.493 e. The van der Waals surface area contributed by atoms with E-state index in [0.29, 0.717) is 22.2 Å². The van der Waals surface area contributed by atoms with E-state index in [2.05, 4.69) is 0 Å². The maximum Gasteiger partial charge on any atom is 0.308 e. The average Bonchev–Trinajstić information content (AvgIpc) is 3.03. The molecule has 0 spiro atoms. The Kier molecular flexibility index (Phi) is 5.07. The van der Waals surface area contributed by atoms with E-state index in [0.717, 1.165) is 29.0 Å². The zero-order valence-corrected chi connectivity index (χ0v) is 17.3. The smallest absolute Gasteiger partial charge is 0.308 e. The fourth-order valence-electron chi connectivity index (χ4n) is 3.65. The van der Waals surface area contributed by atoms with E-state index in [4.69, 9.17) is 9.47 Å². The van der Waals surface area contributed by atoms with Gasteiger partial charge in [0.25, 0.3) is 0 Å². The van der Waals surface area contributed by atoms with Crippen LogP contribution in [0.2, 0.25) is 0 Å². The molecule has 0 aliphatic carbocycles. The lowest BCUT2D eigenvalue weighted by molar-refractivity contribution is -0.118. The Bertz CT molecular complexity index is 1200. The number of carbonyl (C=O) groups excluding carboxylic acids is 1. The monoisotopic (exact) mass is 432 g/mol. The van der Waals surface area contributed by atoms with Gasteiger partial charge in [0.1, 0.15) is 5.82 Å². The topological polar surface area (TPSA) is 60.8 Å². The number of hydrogen-bond donors (Lipinski definition) is 0. The number of halogens is 2. The van der Waals surface area contributed by atoms with Crippen molar-refractivity contribution in [3.8, 4) is 11.5 Å². The van der Waals surface area contributed by atoms with Crippen molar-refractivity contribution >= 4 is 28.7 Å². The molecule has 2 aromatic carbocycles. The molecule has 4 rings (SSSR count). The summed E-state index contributed by atoms with van der Waals surface area (Å²) in [6, 6.07) is 8.57. The number of aromatic nitrogens is 1. The summed E-state index contributed by atoms with van der Waals surface area (Å²) in [6.07, 6.45) is 0.0570. The fourth-order valence-corrected chi connectivity index (χ4v) is 4.75. The van der Waals surface area contributed by atoms with Crippen LogP contribution in [0.15, 0.2) is 41.2 Å². The van der Waals surface area contributed by atoms with Crippen LogP contribution in [0.5, 0.6) is 11.5 Å². The summed E-state index contributed by atoms with van der Waals surface area (Å²) >= 11 is 1.02. The van der Waals surface area contributed by atoms with Crippen molar-refractivity contribution in [3.63, 3.8) is 0 Å². The average molecular weight is 432 g/mol. The number of amides is 1. The minimum Gasteiger partial charge on any atom is -0.493 e. The summed E-state index contributed by atoms with van der Waals surface area (Å²) in [7, 11) is 4.60. The minimum absolute atomic E-state index is 0.0570. The molecule has 30 heavy (non-hydrogen) atoms. The molecule has 0 unspecified atom stereocenters. The first kappa shape index (κ1) is 20.1. The van der Waals surface area contributed by atoms with Gasteiger partial charge in [-0.15, -0.1) is 0 Å². The number of nitrogens with zero attached hydrogens (tertiary/aromatic N) is 2. The lowest BCUT2D eigenvalue weighted by atomic mass is 9.90. The van der Waals surface area contributed by atoms with E-state index in [-0.39, 0.29) is 28.8 Å². The molecule has 0 radical (unpaired) electrons. The number of hydrogen-bond acceptors (Lipinski definition) is 5. The van der Waals surface area contributed by atoms with E-state index >= 15 is 0 Å². The van der Waals surface area contributed by atoms with Crippen LogP contribution in [0.4, 0.5) is 20.3 Å². The third-order valence-electron chi connectivity index (χ3n) is 5.14. The highest BCUT2D eigenvalue weighted by atomic mass is 32.1. The van der Waals surface area contributed by atoms with Gasteiger partial charge in [0.15, 0.2) is 23.1 Å². The van der Waals surface area contributed by atoms with Crippen LogP contribution < -0.4 is 19.2 Å². The van der Waals surface area contributed by atoms with E-state index in [1.165, 1.54) is 29.8 Å². The molecule has 1 aliphatic heterocycles. The van der Waals surface area contributed by atoms with Gasteiger partial charge in [0.05, 0.1) is 24.8 Å². The highest BCUT2D eigenvalue weighted by Gasteiger charge is 2.37. The van der Waals surface area contributed by atoms with Gasteiger partial charge in [0.2, 0.25) is 5.91 Å². The Morgan fingerprint density at radius 3 is 2.40 bits per heavy atom. The second-order valence-electron chi connectivity index (χ2n) is 6.81. The predicted molar refractivity (Wildman–Crippen MR) is 109 cm³/mol. The molecule has 9 heteroatoms. The van der Waals surface area contributed by atoms with Gasteiger partial charge in [0, 0.05) is 25.5 Å². The van der Waals surface area contributed by atoms with Gasteiger partial charge < -0.3 is 9.47 Å². The molecule has 0 saturated heterocycles. The Morgan fingerprint density at radius 2 is 1.73 bits per heavy atom. The standard InChI is InChI=1S/C21H18F2N2O4S/c1-24-20-19(30-21(24)27)13(11-4-7-16(28-2)17(8-11)29-3)10-18(26)25(20)12-5-6-14(22)15(23)9-12/h4-9,13H,10H2,1-3H3/t13-/m1/s1. The Balaban J connectivity index is 1.87. The van der Waals surface area contributed by atoms with E-state index in [1.54, 1.807) is 19.2 Å². The zero-order valence-electron chi connectivity index (χ0n) is 16.4. The number of carbonyl (C=O) groups is 1. The first-order chi connectivity index (χ1) is 14.3.